The summed E-state index contributed by atoms with van der Waals surface area (Å²) in [5.74, 6) is 0.336. The van der Waals surface area contributed by atoms with E-state index in [4.69, 9.17) is 5.11 Å². The van der Waals surface area contributed by atoms with Crippen LogP contribution in [0, 0.1) is 5.41 Å². The minimum atomic E-state index is -0.262. The minimum absolute atomic E-state index is 0.0100. The number of aromatic nitrogens is 2. The molecule has 1 amide bonds. The predicted octanol–water partition coefficient (Wildman–Crippen LogP) is 1.05. The zero-order valence-corrected chi connectivity index (χ0v) is 11.9. The topological polar surface area (TPSA) is 87.1 Å². The Labute approximate surface area is 113 Å². The van der Waals surface area contributed by atoms with Gasteiger partial charge >= 0.3 is 0 Å². The summed E-state index contributed by atoms with van der Waals surface area (Å²) in [5.41, 5.74) is 0.270. The van der Waals surface area contributed by atoms with Crippen molar-refractivity contribution in [2.24, 2.45) is 5.41 Å². The Bertz CT molecular complexity index is 412. The van der Waals surface area contributed by atoms with E-state index in [1.165, 1.54) is 0 Å². The number of amides is 1. The van der Waals surface area contributed by atoms with E-state index in [0.29, 0.717) is 12.2 Å². The average Bonchev–Trinajstić information content (AvgIpc) is 2.37. The molecule has 0 aromatic carbocycles. The molecule has 19 heavy (non-hydrogen) atoms. The van der Waals surface area contributed by atoms with Gasteiger partial charge in [0.15, 0.2) is 5.69 Å². The first kappa shape index (κ1) is 15.4. The van der Waals surface area contributed by atoms with Gasteiger partial charge < -0.3 is 15.7 Å². The highest BCUT2D eigenvalue weighted by molar-refractivity contribution is 5.91. The molecular formula is C13H22N4O2. The Kier molecular flexibility index (Phi) is 5.23. The zero-order valence-electron chi connectivity index (χ0n) is 11.9. The van der Waals surface area contributed by atoms with Gasteiger partial charge in [-0.25, -0.2) is 0 Å². The molecule has 0 aliphatic carbocycles. The van der Waals surface area contributed by atoms with Gasteiger partial charge in [-0.15, -0.1) is 10.2 Å². The van der Waals surface area contributed by atoms with Crippen molar-refractivity contribution in [2.45, 2.75) is 33.2 Å². The predicted molar refractivity (Wildman–Crippen MR) is 74.0 cm³/mol. The monoisotopic (exact) mass is 266 g/mol. The number of rotatable bonds is 5. The molecule has 0 aliphatic rings. The van der Waals surface area contributed by atoms with Crippen LogP contribution in [0.3, 0.4) is 0 Å². The van der Waals surface area contributed by atoms with Gasteiger partial charge in [-0.3, -0.25) is 4.79 Å². The van der Waals surface area contributed by atoms with Crippen LogP contribution in [0.2, 0.25) is 0 Å². The maximum atomic E-state index is 11.3. The van der Waals surface area contributed by atoms with Gasteiger partial charge in [-0.2, -0.15) is 0 Å². The molecule has 0 radical (unpaired) electrons. The molecule has 0 saturated heterocycles. The van der Waals surface area contributed by atoms with Gasteiger partial charge in [0.2, 0.25) is 0 Å². The normalized spacial score (nSPS) is 12.9. The third kappa shape index (κ3) is 4.48. The van der Waals surface area contributed by atoms with Crippen LogP contribution in [-0.4, -0.2) is 40.9 Å². The molecule has 0 spiro atoms. The minimum Gasteiger partial charge on any atom is -0.396 e. The molecule has 1 aromatic rings. The van der Waals surface area contributed by atoms with E-state index in [1.807, 2.05) is 0 Å². The molecule has 3 N–H and O–H groups in total. The van der Waals surface area contributed by atoms with Gasteiger partial charge in [0.05, 0.1) is 0 Å². The Morgan fingerprint density at radius 1 is 1.37 bits per heavy atom. The molecule has 1 atom stereocenters. The number of carbonyl (C=O) groups is 1. The fourth-order valence-corrected chi connectivity index (χ4v) is 1.69. The Morgan fingerprint density at radius 3 is 2.47 bits per heavy atom. The zero-order chi connectivity index (χ0) is 14.5. The lowest BCUT2D eigenvalue weighted by atomic mass is 9.85. The molecule has 0 bridgehead atoms. The largest absolute Gasteiger partial charge is 0.396 e. The maximum Gasteiger partial charge on any atom is 0.271 e. The van der Waals surface area contributed by atoms with Gasteiger partial charge in [0, 0.05) is 19.7 Å². The van der Waals surface area contributed by atoms with Crippen molar-refractivity contribution < 1.29 is 9.90 Å². The quantitative estimate of drug-likeness (QED) is 0.741. The molecule has 106 valence electrons. The standard InChI is InChI=1S/C13H22N4O2/c1-13(2,3)10(7-8-18)15-11-6-5-9(16-17-11)12(19)14-4/h5-6,10,18H,7-8H2,1-4H3,(H,14,19)(H,15,17). The van der Waals surface area contributed by atoms with Crippen LogP contribution in [0.4, 0.5) is 5.82 Å². The summed E-state index contributed by atoms with van der Waals surface area (Å²) < 4.78 is 0. The maximum absolute atomic E-state index is 11.3. The summed E-state index contributed by atoms with van der Waals surface area (Å²) in [7, 11) is 1.55. The van der Waals surface area contributed by atoms with Crippen molar-refractivity contribution in [2.75, 3.05) is 19.0 Å². The summed E-state index contributed by atoms with van der Waals surface area (Å²) in [6.45, 7) is 6.38. The highest BCUT2D eigenvalue weighted by atomic mass is 16.3. The summed E-state index contributed by atoms with van der Waals surface area (Å²) in [6.07, 6.45) is 0.627. The van der Waals surface area contributed by atoms with E-state index in [1.54, 1.807) is 19.2 Å². The Morgan fingerprint density at radius 2 is 2.05 bits per heavy atom. The van der Waals surface area contributed by atoms with Crippen LogP contribution < -0.4 is 10.6 Å². The van der Waals surface area contributed by atoms with Crippen molar-refractivity contribution >= 4 is 11.7 Å². The fourth-order valence-electron chi connectivity index (χ4n) is 1.69. The molecule has 6 heteroatoms. The summed E-state index contributed by atoms with van der Waals surface area (Å²) in [4.78, 5) is 11.3. The van der Waals surface area contributed by atoms with Gasteiger partial charge in [-0.1, -0.05) is 20.8 Å². The van der Waals surface area contributed by atoms with E-state index in [9.17, 15) is 4.79 Å². The third-order valence-electron chi connectivity index (χ3n) is 2.91. The van der Waals surface area contributed by atoms with E-state index in [-0.39, 0.29) is 29.7 Å². The molecular weight excluding hydrogens is 244 g/mol. The summed E-state index contributed by atoms with van der Waals surface area (Å²) >= 11 is 0. The van der Waals surface area contributed by atoms with E-state index in [0.717, 1.165) is 0 Å². The third-order valence-corrected chi connectivity index (χ3v) is 2.91. The molecule has 0 aliphatic heterocycles. The number of aliphatic hydroxyl groups is 1. The molecule has 6 nitrogen and oxygen atoms in total. The smallest absolute Gasteiger partial charge is 0.271 e. The second kappa shape index (κ2) is 6.47. The first-order valence-electron chi connectivity index (χ1n) is 6.31. The van der Waals surface area contributed by atoms with Crippen molar-refractivity contribution in [3.05, 3.63) is 17.8 Å². The second-order valence-electron chi connectivity index (χ2n) is 5.46. The average molecular weight is 266 g/mol. The summed E-state index contributed by atoms with van der Waals surface area (Å²) in [5, 5.41) is 22.7. The Hall–Kier alpha value is -1.69. The van der Waals surface area contributed by atoms with Crippen LogP contribution in [0.15, 0.2) is 12.1 Å². The Balaban J connectivity index is 2.78. The highest BCUT2D eigenvalue weighted by Gasteiger charge is 2.24. The number of nitrogens with one attached hydrogen (secondary N) is 2. The van der Waals surface area contributed by atoms with E-state index in [2.05, 4.69) is 41.6 Å². The van der Waals surface area contributed by atoms with Crippen molar-refractivity contribution in [3.8, 4) is 0 Å². The number of carbonyl (C=O) groups excluding carboxylic acids is 1. The summed E-state index contributed by atoms with van der Waals surface area (Å²) in [6, 6.07) is 3.42. The molecule has 1 unspecified atom stereocenters. The van der Waals surface area contributed by atoms with Crippen molar-refractivity contribution in [1.29, 1.82) is 0 Å². The number of hydrogen-bond donors (Lipinski definition) is 3. The molecule has 0 saturated carbocycles. The number of hydrogen-bond acceptors (Lipinski definition) is 5. The lowest BCUT2D eigenvalue weighted by Crippen LogP contribution is -2.35. The number of aliphatic hydroxyl groups excluding tert-OH is 1. The molecule has 0 fully saturated rings. The first-order valence-corrected chi connectivity index (χ1v) is 6.31. The van der Waals surface area contributed by atoms with Gasteiger partial charge in [0.1, 0.15) is 5.82 Å². The highest BCUT2D eigenvalue weighted by Crippen LogP contribution is 2.24. The van der Waals surface area contributed by atoms with Crippen molar-refractivity contribution in [1.82, 2.24) is 15.5 Å². The van der Waals surface area contributed by atoms with Crippen molar-refractivity contribution in [3.63, 3.8) is 0 Å². The van der Waals surface area contributed by atoms with Crippen LogP contribution in [0.25, 0.3) is 0 Å². The first-order chi connectivity index (χ1) is 8.88. The molecule has 1 rings (SSSR count). The van der Waals surface area contributed by atoms with E-state index >= 15 is 0 Å². The van der Waals surface area contributed by atoms with Crippen LogP contribution >= 0.6 is 0 Å². The van der Waals surface area contributed by atoms with Crippen LogP contribution in [-0.2, 0) is 0 Å². The molecule has 1 heterocycles. The SMILES string of the molecule is CNC(=O)c1ccc(NC(CCO)C(C)(C)C)nn1. The second-order valence-corrected chi connectivity index (χ2v) is 5.46. The van der Waals surface area contributed by atoms with Crippen LogP contribution in [0.1, 0.15) is 37.7 Å². The number of anilines is 1. The lowest BCUT2D eigenvalue weighted by Gasteiger charge is -2.31. The fraction of sp³-hybridized carbons (Fsp3) is 0.615. The van der Waals surface area contributed by atoms with Gasteiger partial charge in [0.25, 0.3) is 5.91 Å². The molecule has 1 aromatic heterocycles. The number of nitrogens with zero attached hydrogens (tertiary/aromatic N) is 2. The van der Waals surface area contributed by atoms with Gasteiger partial charge in [-0.05, 0) is 24.0 Å². The van der Waals surface area contributed by atoms with E-state index < -0.39 is 0 Å². The lowest BCUT2D eigenvalue weighted by molar-refractivity contribution is 0.0957. The van der Waals surface area contributed by atoms with Crippen LogP contribution in [0.5, 0.6) is 0 Å².